The van der Waals surface area contributed by atoms with Crippen LogP contribution in [0.25, 0.3) is 0 Å². The maximum atomic E-state index is 13.3. The third kappa shape index (κ3) is 4.48. The zero-order valence-corrected chi connectivity index (χ0v) is 21.0. The van der Waals surface area contributed by atoms with Gasteiger partial charge < -0.3 is 5.32 Å². The molecule has 0 amide bonds. The van der Waals surface area contributed by atoms with Gasteiger partial charge in [0.15, 0.2) is 5.78 Å². The van der Waals surface area contributed by atoms with Gasteiger partial charge in [0.25, 0.3) is 5.69 Å². The number of rotatable bonds is 5. The lowest BCUT2D eigenvalue weighted by Crippen LogP contribution is -2.36. The number of fused-ring (bicyclic) bond motifs is 1. The number of nitrogens with one attached hydrogen (secondary N) is 1. The van der Waals surface area contributed by atoms with Crippen molar-refractivity contribution < 1.29 is 9.72 Å². The van der Waals surface area contributed by atoms with Crippen LogP contribution in [0, 0.1) is 29.4 Å². The molecule has 5 rings (SSSR count). The van der Waals surface area contributed by atoms with Crippen LogP contribution in [0.5, 0.6) is 0 Å². The molecule has 0 saturated carbocycles. The number of benzene rings is 2. The Morgan fingerprint density at radius 2 is 1.91 bits per heavy atom. The first kappa shape index (κ1) is 23.3. The van der Waals surface area contributed by atoms with E-state index >= 15 is 0 Å². The summed E-state index contributed by atoms with van der Waals surface area (Å²) < 4.78 is 1.75. The molecule has 1 atom stereocenters. The minimum atomic E-state index is -0.479. The van der Waals surface area contributed by atoms with Gasteiger partial charge in [-0.1, -0.05) is 49.4 Å². The number of thioether (sulfide) groups is 1. The second-order valence-corrected chi connectivity index (χ2v) is 11.0. The molecule has 2 aliphatic rings. The number of ketones is 1. The van der Waals surface area contributed by atoms with E-state index in [0.29, 0.717) is 23.1 Å². The largest absolute Gasteiger partial charge is 0.328 e. The number of nitro groups is 1. The summed E-state index contributed by atoms with van der Waals surface area (Å²) in [6.07, 6.45) is 1.16. The van der Waals surface area contributed by atoms with Crippen LogP contribution in [-0.2, 0) is 10.5 Å². The molecule has 1 aliphatic carbocycles. The molecule has 0 fully saturated rings. The number of allylic oxidation sites excluding steroid dienone is 2. The highest BCUT2D eigenvalue weighted by Crippen LogP contribution is 2.45. The lowest BCUT2D eigenvalue weighted by molar-refractivity contribution is -0.384. The Bertz CT molecular complexity index is 1370. The second kappa shape index (κ2) is 8.64. The van der Waals surface area contributed by atoms with Crippen LogP contribution in [0.1, 0.15) is 55.0 Å². The second-order valence-electron chi connectivity index (χ2n) is 10.1. The van der Waals surface area contributed by atoms with E-state index in [4.69, 9.17) is 10.1 Å². The van der Waals surface area contributed by atoms with E-state index in [0.717, 1.165) is 23.4 Å². The van der Waals surface area contributed by atoms with Gasteiger partial charge in [0.2, 0.25) is 11.1 Å². The predicted octanol–water partition coefficient (Wildman–Crippen LogP) is 5.75. The van der Waals surface area contributed by atoms with Crippen LogP contribution in [0.15, 0.2) is 58.9 Å². The Hall–Kier alpha value is -3.46. The maximum absolute atomic E-state index is 13.3. The molecule has 0 bridgehead atoms. The van der Waals surface area contributed by atoms with Gasteiger partial charge in [0.1, 0.15) is 6.04 Å². The van der Waals surface area contributed by atoms with Crippen molar-refractivity contribution in [2.45, 2.75) is 57.5 Å². The number of carbonyl (C=O) groups is 1. The number of anilines is 1. The molecular formula is C26H27N5O3S. The first-order valence-corrected chi connectivity index (χ1v) is 12.5. The lowest BCUT2D eigenvalue weighted by atomic mass is 9.73. The summed E-state index contributed by atoms with van der Waals surface area (Å²) in [7, 11) is 0. The van der Waals surface area contributed by atoms with Crippen molar-refractivity contribution in [3.05, 3.63) is 86.1 Å². The number of hydrogen-bond donors (Lipinski definition) is 1. The monoisotopic (exact) mass is 489 g/mol. The fourth-order valence-corrected chi connectivity index (χ4v) is 5.73. The van der Waals surface area contributed by atoms with Gasteiger partial charge in [0, 0.05) is 35.6 Å². The Morgan fingerprint density at radius 3 is 2.63 bits per heavy atom. The molecule has 9 heteroatoms. The van der Waals surface area contributed by atoms with Crippen LogP contribution in [0.3, 0.4) is 0 Å². The topological polar surface area (TPSA) is 103 Å². The van der Waals surface area contributed by atoms with E-state index < -0.39 is 11.0 Å². The van der Waals surface area contributed by atoms with Gasteiger partial charge in [-0.05, 0) is 54.5 Å². The summed E-state index contributed by atoms with van der Waals surface area (Å²) in [5, 5.41) is 20.0. The molecule has 0 radical (unpaired) electrons. The summed E-state index contributed by atoms with van der Waals surface area (Å²) in [6, 6.07) is 12.3. The van der Waals surface area contributed by atoms with Gasteiger partial charge in [-0.15, -0.1) is 5.10 Å². The maximum Gasteiger partial charge on any atom is 0.269 e. The van der Waals surface area contributed by atoms with E-state index in [1.807, 2.05) is 0 Å². The Kier molecular flexibility index (Phi) is 5.75. The van der Waals surface area contributed by atoms with Crippen molar-refractivity contribution in [2.24, 2.45) is 5.41 Å². The number of Topliss-reactive ketones (excluding diaryl/α,β-unsaturated/α-hetero) is 1. The zero-order valence-electron chi connectivity index (χ0n) is 20.2. The van der Waals surface area contributed by atoms with Crippen LogP contribution in [0.4, 0.5) is 11.6 Å². The number of nitro benzene ring substituents is 1. The zero-order chi connectivity index (χ0) is 24.9. The van der Waals surface area contributed by atoms with E-state index in [1.165, 1.54) is 28.8 Å². The summed E-state index contributed by atoms with van der Waals surface area (Å²) in [5.41, 5.74) is 5.82. The van der Waals surface area contributed by atoms with Crippen molar-refractivity contribution in [2.75, 3.05) is 5.32 Å². The molecule has 8 nitrogen and oxygen atoms in total. The molecule has 0 spiro atoms. The molecule has 35 heavy (non-hydrogen) atoms. The average Bonchev–Trinajstić information content (AvgIpc) is 3.20. The molecular weight excluding hydrogens is 462 g/mol. The molecule has 2 aromatic carbocycles. The SMILES string of the molecule is Cc1ccc(C)c(CSc2nc3n(n2)[C@@H](c2ccc([N+](=O)[O-])cc2)C2=C(CC(C)(C)CC2=O)N3)c1. The normalized spacial score (nSPS) is 18.6. The van der Waals surface area contributed by atoms with Crippen LogP contribution in [0.2, 0.25) is 0 Å². The summed E-state index contributed by atoms with van der Waals surface area (Å²) >= 11 is 1.55. The van der Waals surface area contributed by atoms with E-state index in [9.17, 15) is 14.9 Å². The van der Waals surface area contributed by atoms with Gasteiger partial charge in [-0.3, -0.25) is 14.9 Å². The summed E-state index contributed by atoms with van der Waals surface area (Å²) in [4.78, 5) is 28.8. The molecule has 1 aromatic heterocycles. The third-order valence-electron chi connectivity index (χ3n) is 6.59. The molecule has 1 N–H and O–H groups in total. The molecule has 180 valence electrons. The molecule has 3 aromatic rings. The van der Waals surface area contributed by atoms with Gasteiger partial charge >= 0.3 is 0 Å². The van der Waals surface area contributed by atoms with Crippen molar-refractivity contribution in [1.29, 1.82) is 0 Å². The van der Waals surface area contributed by atoms with Gasteiger partial charge in [0.05, 0.1) is 4.92 Å². The Morgan fingerprint density at radius 1 is 1.17 bits per heavy atom. The van der Waals surface area contributed by atoms with Crippen LogP contribution < -0.4 is 5.32 Å². The highest BCUT2D eigenvalue weighted by atomic mass is 32.2. The Labute approximate surface area is 208 Å². The van der Waals surface area contributed by atoms with Gasteiger partial charge in [-0.2, -0.15) is 4.98 Å². The molecule has 0 saturated heterocycles. The molecule has 0 unspecified atom stereocenters. The van der Waals surface area contributed by atoms with Gasteiger partial charge in [-0.25, -0.2) is 4.68 Å². The third-order valence-corrected chi connectivity index (χ3v) is 7.48. The number of non-ortho nitro benzene ring substituents is 1. The van der Waals surface area contributed by atoms with Crippen LogP contribution >= 0.6 is 11.8 Å². The summed E-state index contributed by atoms with van der Waals surface area (Å²) in [6.45, 7) is 8.34. The summed E-state index contributed by atoms with van der Waals surface area (Å²) in [5.74, 6) is 1.39. The first-order valence-electron chi connectivity index (χ1n) is 11.5. The van der Waals surface area contributed by atoms with E-state index in [-0.39, 0.29) is 16.9 Å². The smallest absolute Gasteiger partial charge is 0.269 e. The highest BCUT2D eigenvalue weighted by Gasteiger charge is 2.42. The minimum absolute atomic E-state index is 0.0107. The fraction of sp³-hybridized carbons (Fsp3) is 0.346. The molecule has 1 aliphatic heterocycles. The number of aromatic nitrogens is 3. The minimum Gasteiger partial charge on any atom is -0.328 e. The van der Waals surface area contributed by atoms with Crippen LogP contribution in [-0.4, -0.2) is 25.5 Å². The van der Waals surface area contributed by atoms with Crippen molar-refractivity contribution in [3.8, 4) is 0 Å². The first-order chi connectivity index (χ1) is 16.6. The average molecular weight is 490 g/mol. The number of carbonyl (C=O) groups excluding carboxylic acids is 1. The quantitative estimate of drug-likeness (QED) is 0.276. The fourth-order valence-electron chi connectivity index (χ4n) is 4.84. The number of nitrogens with zero attached hydrogens (tertiary/aromatic N) is 4. The predicted molar refractivity (Wildman–Crippen MR) is 135 cm³/mol. The highest BCUT2D eigenvalue weighted by molar-refractivity contribution is 7.98. The van der Waals surface area contributed by atoms with Crippen molar-refractivity contribution in [3.63, 3.8) is 0 Å². The standard InChI is InChI=1S/C26H27N5O3S/c1-15-5-6-16(2)18(11-15)14-35-25-28-24-27-20-12-26(3,4)13-21(32)22(20)23(30(24)29-25)17-7-9-19(10-8-17)31(33)34/h5-11,23H,12-14H2,1-4H3,(H,27,28,29)/t23-/m0/s1. The molecule has 2 heterocycles. The lowest BCUT2D eigenvalue weighted by Gasteiger charge is -2.38. The Balaban J connectivity index is 1.53. The number of aryl methyl sites for hydroxylation is 2. The van der Waals surface area contributed by atoms with E-state index in [2.05, 4.69) is 51.2 Å². The number of hydrogen-bond acceptors (Lipinski definition) is 7. The van der Waals surface area contributed by atoms with Crippen molar-refractivity contribution >= 4 is 29.2 Å². The van der Waals surface area contributed by atoms with Crippen molar-refractivity contribution in [1.82, 2.24) is 14.8 Å². The van der Waals surface area contributed by atoms with E-state index in [1.54, 1.807) is 28.6 Å².